The zero-order chi connectivity index (χ0) is 21.6. The van der Waals surface area contributed by atoms with E-state index in [1.165, 1.54) is 16.7 Å². The van der Waals surface area contributed by atoms with Gasteiger partial charge in [0.15, 0.2) is 0 Å². The number of benzene rings is 1. The number of nitrogens with zero attached hydrogens (tertiary/aromatic N) is 1. The van der Waals surface area contributed by atoms with Gasteiger partial charge in [0, 0.05) is 0 Å². The molecular formula is C19H25N4O5S-. The van der Waals surface area contributed by atoms with Crippen molar-refractivity contribution in [1.82, 2.24) is 10.6 Å². The molecule has 0 saturated carbocycles. The highest BCUT2D eigenvalue weighted by Gasteiger charge is 2.31. The molecule has 0 aliphatic carbocycles. The van der Waals surface area contributed by atoms with Gasteiger partial charge in [-0.05, 0) is 36.5 Å². The van der Waals surface area contributed by atoms with Gasteiger partial charge in [-0.25, -0.2) is 4.79 Å². The minimum atomic E-state index is -1.37. The molecule has 1 aromatic carbocycles. The van der Waals surface area contributed by atoms with E-state index in [1.54, 1.807) is 38.1 Å². The zero-order valence-electron chi connectivity index (χ0n) is 16.6. The summed E-state index contributed by atoms with van der Waals surface area (Å²) in [7, 11) is 0. The number of nitrogens with one attached hydrogen (secondary N) is 3. The lowest BCUT2D eigenvalue weighted by atomic mass is 10.0. The fraction of sp³-hybridized carbons (Fsp3) is 0.474. The molecule has 0 spiro atoms. The Morgan fingerprint density at radius 1 is 1.24 bits per heavy atom. The van der Waals surface area contributed by atoms with E-state index in [0.29, 0.717) is 17.1 Å². The molecule has 1 aliphatic rings. The summed E-state index contributed by atoms with van der Waals surface area (Å²) in [5.41, 5.74) is 1.01. The fourth-order valence-corrected chi connectivity index (χ4v) is 3.38. The van der Waals surface area contributed by atoms with Gasteiger partial charge in [0.2, 0.25) is 11.8 Å². The number of carboxylic acid groups (broad SMARTS) is 1. The van der Waals surface area contributed by atoms with Gasteiger partial charge in [-0.15, -0.1) is 0 Å². The molecule has 1 aromatic rings. The number of aliphatic carboxylic acids is 1. The lowest BCUT2D eigenvalue weighted by Gasteiger charge is -2.32. The van der Waals surface area contributed by atoms with E-state index in [9.17, 15) is 24.3 Å². The average molecular weight is 421 g/mol. The predicted molar refractivity (Wildman–Crippen MR) is 110 cm³/mol. The quantitative estimate of drug-likeness (QED) is 0.548. The third kappa shape index (κ3) is 5.86. The van der Waals surface area contributed by atoms with Gasteiger partial charge in [-0.1, -0.05) is 26.0 Å². The van der Waals surface area contributed by atoms with Crippen molar-refractivity contribution in [2.75, 3.05) is 28.8 Å². The van der Waals surface area contributed by atoms with Crippen molar-refractivity contribution in [3.63, 3.8) is 0 Å². The molecule has 3 N–H and O–H groups in total. The molecule has 2 rings (SSSR count). The number of hydrogen-bond donors (Lipinski definition) is 3. The maximum Gasteiger partial charge on any atom is 0.323 e. The number of amides is 4. The lowest BCUT2D eigenvalue weighted by molar-refractivity contribution is -0.308. The Balaban J connectivity index is 2.14. The summed E-state index contributed by atoms with van der Waals surface area (Å²) in [5, 5.41) is 19.1. The number of rotatable bonds is 8. The minimum absolute atomic E-state index is 0.190. The number of fused-ring (bicyclic) bond motifs is 1. The number of hydrogen-bond acceptors (Lipinski definition) is 6. The van der Waals surface area contributed by atoms with E-state index in [-0.39, 0.29) is 24.8 Å². The van der Waals surface area contributed by atoms with Gasteiger partial charge in [0.05, 0.1) is 23.4 Å². The number of carboxylic acids is 1. The molecule has 2 atom stereocenters. The second-order valence-electron chi connectivity index (χ2n) is 6.98. The van der Waals surface area contributed by atoms with Crippen LogP contribution in [0.15, 0.2) is 24.3 Å². The first-order valence-electron chi connectivity index (χ1n) is 9.21. The minimum Gasteiger partial charge on any atom is -0.548 e. The Bertz CT molecular complexity index is 786. The first-order chi connectivity index (χ1) is 13.7. The smallest absolute Gasteiger partial charge is 0.323 e. The molecule has 10 heteroatoms. The Hall–Kier alpha value is -2.75. The molecule has 1 aliphatic heterocycles. The fourth-order valence-electron chi connectivity index (χ4n) is 2.91. The SMILES string of the molecule is CSCC[C@H](NC(=O)[C@@H](NC(=O)N1CC(=O)Nc2ccccc21)C(C)C)C(=O)[O-]. The standard InChI is InChI=1S/C19H26N4O5S/c1-11(2)16(17(25)21-13(18(26)27)8-9-29-3)22-19(28)23-10-15(24)20-12-6-4-5-7-14(12)23/h4-7,11,13,16H,8-10H2,1-3H3,(H,20,24)(H,21,25)(H,22,28)(H,26,27)/p-1/t13-,16-/m0/s1. The van der Waals surface area contributed by atoms with Crippen LogP contribution < -0.4 is 26.0 Å². The summed E-state index contributed by atoms with van der Waals surface area (Å²) in [4.78, 5) is 50.0. The van der Waals surface area contributed by atoms with Crippen LogP contribution in [0.25, 0.3) is 0 Å². The number of anilines is 2. The van der Waals surface area contributed by atoms with E-state index in [1.807, 2.05) is 6.26 Å². The highest BCUT2D eigenvalue weighted by molar-refractivity contribution is 7.98. The van der Waals surface area contributed by atoms with Crippen LogP contribution >= 0.6 is 11.8 Å². The monoisotopic (exact) mass is 421 g/mol. The van der Waals surface area contributed by atoms with Crippen LogP contribution in [0, 0.1) is 5.92 Å². The maximum absolute atomic E-state index is 12.8. The normalized spacial score (nSPS) is 15.2. The van der Waals surface area contributed by atoms with Crippen LogP contribution in [-0.4, -0.2) is 54.5 Å². The van der Waals surface area contributed by atoms with Crippen LogP contribution in [0.1, 0.15) is 20.3 Å². The largest absolute Gasteiger partial charge is 0.548 e. The number of para-hydroxylation sites is 2. The van der Waals surface area contributed by atoms with Crippen molar-refractivity contribution in [2.45, 2.75) is 32.4 Å². The molecule has 9 nitrogen and oxygen atoms in total. The average Bonchev–Trinajstić information content (AvgIpc) is 2.67. The Kier molecular flexibility index (Phi) is 7.89. The highest BCUT2D eigenvalue weighted by atomic mass is 32.2. The maximum atomic E-state index is 12.8. The van der Waals surface area contributed by atoms with Crippen LogP contribution in [0.3, 0.4) is 0 Å². The van der Waals surface area contributed by atoms with Crippen molar-refractivity contribution >= 4 is 47.0 Å². The molecule has 29 heavy (non-hydrogen) atoms. The van der Waals surface area contributed by atoms with Gasteiger partial charge in [-0.3, -0.25) is 14.5 Å². The number of thioether (sulfide) groups is 1. The van der Waals surface area contributed by atoms with E-state index in [2.05, 4.69) is 16.0 Å². The summed E-state index contributed by atoms with van der Waals surface area (Å²) < 4.78 is 0. The molecule has 0 saturated heterocycles. The van der Waals surface area contributed by atoms with Gasteiger partial charge in [0.25, 0.3) is 0 Å². The van der Waals surface area contributed by atoms with E-state index in [4.69, 9.17) is 0 Å². The molecule has 0 unspecified atom stereocenters. The topological polar surface area (TPSA) is 131 Å². The van der Waals surface area contributed by atoms with E-state index >= 15 is 0 Å². The molecular weight excluding hydrogens is 396 g/mol. The van der Waals surface area contributed by atoms with Gasteiger partial charge >= 0.3 is 6.03 Å². The number of carbonyl (C=O) groups excluding carboxylic acids is 4. The predicted octanol–water partition coefficient (Wildman–Crippen LogP) is 0.167. The van der Waals surface area contributed by atoms with Crippen molar-refractivity contribution in [3.05, 3.63) is 24.3 Å². The van der Waals surface area contributed by atoms with Crippen LogP contribution in [0.5, 0.6) is 0 Å². The lowest BCUT2D eigenvalue weighted by Crippen LogP contribution is -2.58. The molecule has 0 fully saturated rings. The van der Waals surface area contributed by atoms with Crippen molar-refractivity contribution in [1.29, 1.82) is 0 Å². The Morgan fingerprint density at radius 3 is 2.55 bits per heavy atom. The van der Waals surface area contributed by atoms with Crippen molar-refractivity contribution in [2.24, 2.45) is 5.92 Å². The summed E-state index contributed by atoms with van der Waals surface area (Å²) in [6, 6.07) is 4.10. The summed E-state index contributed by atoms with van der Waals surface area (Å²) in [6.45, 7) is 3.28. The van der Waals surface area contributed by atoms with Crippen LogP contribution in [-0.2, 0) is 14.4 Å². The number of carbonyl (C=O) groups is 4. The highest BCUT2D eigenvalue weighted by Crippen LogP contribution is 2.28. The van der Waals surface area contributed by atoms with Gasteiger partial charge in [-0.2, -0.15) is 11.8 Å². The van der Waals surface area contributed by atoms with Crippen molar-refractivity contribution < 1.29 is 24.3 Å². The molecule has 0 radical (unpaired) electrons. The molecule has 0 bridgehead atoms. The van der Waals surface area contributed by atoms with Gasteiger partial charge in [0.1, 0.15) is 12.6 Å². The first kappa shape index (κ1) is 22.5. The zero-order valence-corrected chi connectivity index (χ0v) is 17.4. The Morgan fingerprint density at radius 2 is 1.93 bits per heavy atom. The molecule has 4 amide bonds. The summed E-state index contributed by atoms with van der Waals surface area (Å²) >= 11 is 1.46. The van der Waals surface area contributed by atoms with Gasteiger partial charge < -0.3 is 25.9 Å². The van der Waals surface area contributed by atoms with E-state index < -0.39 is 30.0 Å². The van der Waals surface area contributed by atoms with Crippen molar-refractivity contribution in [3.8, 4) is 0 Å². The second kappa shape index (κ2) is 10.1. The van der Waals surface area contributed by atoms with Crippen LogP contribution in [0.4, 0.5) is 16.2 Å². The second-order valence-corrected chi connectivity index (χ2v) is 7.97. The molecule has 1 heterocycles. The van der Waals surface area contributed by atoms with Crippen LogP contribution in [0.2, 0.25) is 0 Å². The Labute approximate surface area is 173 Å². The summed E-state index contributed by atoms with van der Waals surface area (Å²) in [6.07, 6.45) is 2.05. The summed E-state index contributed by atoms with van der Waals surface area (Å²) in [5.74, 6) is -2.10. The molecule has 0 aromatic heterocycles. The molecule has 158 valence electrons. The third-order valence-corrected chi connectivity index (χ3v) is 5.10. The third-order valence-electron chi connectivity index (χ3n) is 4.46. The number of urea groups is 1. The first-order valence-corrected chi connectivity index (χ1v) is 10.6. The van der Waals surface area contributed by atoms with E-state index in [0.717, 1.165) is 0 Å².